The molecule has 0 radical (unpaired) electrons. The molecule has 0 heterocycles. The molecule has 3 N–H and O–H groups in total. The molecule has 0 saturated heterocycles. The third-order valence-corrected chi connectivity index (χ3v) is 3.74. The first kappa shape index (κ1) is 23.9. The lowest BCUT2D eigenvalue weighted by atomic mass is 10.2. The van der Waals surface area contributed by atoms with Crippen LogP contribution in [0.4, 0.5) is 24.5 Å². The molecule has 0 aromatic heterocycles. The van der Waals surface area contributed by atoms with E-state index in [2.05, 4.69) is 32.1 Å². The van der Waals surface area contributed by atoms with E-state index in [1.807, 2.05) is 25.2 Å². The fourth-order valence-corrected chi connectivity index (χ4v) is 2.40. The number of halogens is 4. The average Bonchev–Trinajstić information content (AvgIpc) is 2.62. The molecule has 9 heteroatoms. The van der Waals surface area contributed by atoms with Crippen molar-refractivity contribution in [2.24, 2.45) is 10.7 Å². The molecule has 5 nitrogen and oxygen atoms in total. The van der Waals surface area contributed by atoms with Crippen LogP contribution in [0.3, 0.4) is 0 Å². The number of aliphatic imine (C=N–C) groups is 1. The number of para-hydroxylation sites is 1. The van der Waals surface area contributed by atoms with Gasteiger partial charge in [-0.1, -0.05) is 18.2 Å². The number of nitrogens with two attached hydrogens (primary N) is 1. The van der Waals surface area contributed by atoms with Crippen molar-refractivity contribution in [2.45, 2.75) is 19.2 Å². The highest BCUT2D eigenvalue weighted by atomic mass is 127. The summed E-state index contributed by atoms with van der Waals surface area (Å²) in [6.45, 7) is 1.48. The minimum absolute atomic E-state index is 0. The summed E-state index contributed by atoms with van der Waals surface area (Å²) >= 11 is 0. The van der Waals surface area contributed by atoms with E-state index in [0.29, 0.717) is 12.2 Å². The molecule has 28 heavy (non-hydrogen) atoms. The van der Waals surface area contributed by atoms with Gasteiger partial charge in [0.25, 0.3) is 0 Å². The molecule has 0 spiro atoms. The second kappa shape index (κ2) is 11.6. The summed E-state index contributed by atoms with van der Waals surface area (Å²) in [6, 6.07) is 15.4. The average molecular weight is 508 g/mol. The maximum atomic E-state index is 12.1. The molecule has 0 unspecified atom stereocenters. The minimum atomic E-state index is -4.70. The lowest BCUT2D eigenvalue weighted by molar-refractivity contribution is -0.274. The molecular formula is C19H24F3IN4O. The number of ether oxygens (including phenoxy) is 1. The summed E-state index contributed by atoms with van der Waals surface area (Å²) in [5.41, 5.74) is 7.50. The van der Waals surface area contributed by atoms with Gasteiger partial charge in [0.1, 0.15) is 5.75 Å². The van der Waals surface area contributed by atoms with Crippen LogP contribution in [0.15, 0.2) is 59.6 Å². The van der Waals surface area contributed by atoms with Crippen molar-refractivity contribution >= 4 is 41.3 Å². The van der Waals surface area contributed by atoms with Gasteiger partial charge in [0.2, 0.25) is 0 Å². The summed E-state index contributed by atoms with van der Waals surface area (Å²) in [7, 11) is 2.04. The maximum absolute atomic E-state index is 12.1. The van der Waals surface area contributed by atoms with E-state index in [9.17, 15) is 13.2 Å². The third-order valence-electron chi connectivity index (χ3n) is 3.74. The fraction of sp³-hybridized carbons (Fsp3) is 0.316. The number of guanidine groups is 1. The van der Waals surface area contributed by atoms with Gasteiger partial charge in [0, 0.05) is 31.5 Å². The largest absolute Gasteiger partial charge is 0.573 e. The second-order valence-electron chi connectivity index (χ2n) is 5.93. The number of nitrogens with zero attached hydrogens (tertiary/aromatic N) is 2. The minimum Gasteiger partial charge on any atom is -0.406 e. The van der Waals surface area contributed by atoms with Gasteiger partial charge in [-0.25, -0.2) is 0 Å². The molecular weight excluding hydrogens is 484 g/mol. The summed E-state index contributed by atoms with van der Waals surface area (Å²) < 4.78 is 40.2. The van der Waals surface area contributed by atoms with Gasteiger partial charge in [-0.05, 0) is 49.2 Å². The number of hydrogen-bond acceptors (Lipinski definition) is 3. The molecule has 0 atom stereocenters. The Labute approximate surface area is 179 Å². The lowest BCUT2D eigenvalue weighted by Crippen LogP contribution is -2.23. The maximum Gasteiger partial charge on any atom is 0.573 e. The van der Waals surface area contributed by atoms with E-state index < -0.39 is 6.36 Å². The van der Waals surface area contributed by atoms with E-state index in [1.165, 1.54) is 30.0 Å². The summed E-state index contributed by atoms with van der Waals surface area (Å²) in [4.78, 5) is 6.40. The van der Waals surface area contributed by atoms with Crippen LogP contribution >= 0.6 is 24.0 Å². The molecule has 0 saturated carbocycles. The summed E-state index contributed by atoms with van der Waals surface area (Å²) in [5.74, 6) is -0.0676. The Hall–Kier alpha value is -2.17. The van der Waals surface area contributed by atoms with E-state index >= 15 is 0 Å². The highest BCUT2D eigenvalue weighted by molar-refractivity contribution is 14.0. The Bertz CT molecular complexity index is 724. The molecule has 0 fully saturated rings. The van der Waals surface area contributed by atoms with Crippen LogP contribution in [0.1, 0.15) is 12.8 Å². The van der Waals surface area contributed by atoms with Gasteiger partial charge in [-0.3, -0.25) is 4.99 Å². The van der Waals surface area contributed by atoms with Gasteiger partial charge in [0.15, 0.2) is 5.96 Å². The SMILES string of the molecule is CN(CCCCN=C(N)Nc1ccc(OC(F)(F)F)cc1)c1ccccc1.I. The molecule has 0 aliphatic heterocycles. The summed E-state index contributed by atoms with van der Waals surface area (Å²) in [5, 5.41) is 2.84. The topological polar surface area (TPSA) is 62.9 Å². The van der Waals surface area contributed by atoms with E-state index in [-0.39, 0.29) is 35.7 Å². The van der Waals surface area contributed by atoms with E-state index in [0.717, 1.165) is 19.4 Å². The van der Waals surface area contributed by atoms with Crippen molar-refractivity contribution in [3.63, 3.8) is 0 Å². The quantitative estimate of drug-likeness (QED) is 0.232. The van der Waals surface area contributed by atoms with Crippen LogP contribution in [-0.4, -0.2) is 32.5 Å². The van der Waals surface area contributed by atoms with Crippen molar-refractivity contribution < 1.29 is 17.9 Å². The number of benzene rings is 2. The Morgan fingerprint density at radius 2 is 1.71 bits per heavy atom. The molecule has 154 valence electrons. The Morgan fingerprint density at radius 1 is 1.07 bits per heavy atom. The van der Waals surface area contributed by atoms with Crippen LogP contribution in [0.2, 0.25) is 0 Å². The number of unbranched alkanes of at least 4 members (excludes halogenated alkanes) is 1. The second-order valence-corrected chi connectivity index (χ2v) is 5.93. The fourth-order valence-electron chi connectivity index (χ4n) is 2.40. The highest BCUT2D eigenvalue weighted by Crippen LogP contribution is 2.23. The van der Waals surface area contributed by atoms with Crippen LogP contribution in [0.5, 0.6) is 5.75 Å². The van der Waals surface area contributed by atoms with Crippen LogP contribution in [0, 0.1) is 0 Å². The zero-order valence-corrected chi connectivity index (χ0v) is 17.8. The van der Waals surface area contributed by atoms with Gasteiger partial charge >= 0.3 is 6.36 Å². The van der Waals surface area contributed by atoms with Crippen LogP contribution < -0.4 is 20.7 Å². The number of hydrogen-bond donors (Lipinski definition) is 2. The first-order chi connectivity index (χ1) is 12.8. The Kier molecular flexibility index (Phi) is 9.91. The number of alkyl halides is 3. The van der Waals surface area contributed by atoms with Crippen molar-refractivity contribution in [1.82, 2.24) is 0 Å². The molecule has 0 aliphatic rings. The Balaban J connectivity index is 0.00000392. The van der Waals surface area contributed by atoms with E-state index in [4.69, 9.17) is 5.73 Å². The monoisotopic (exact) mass is 508 g/mol. The zero-order valence-electron chi connectivity index (χ0n) is 15.4. The van der Waals surface area contributed by atoms with Crippen molar-refractivity contribution in [3.8, 4) is 5.75 Å². The molecule has 2 rings (SSSR count). The predicted molar refractivity (Wildman–Crippen MR) is 118 cm³/mol. The first-order valence-electron chi connectivity index (χ1n) is 8.52. The molecule has 0 aliphatic carbocycles. The van der Waals surface area contributed by atoms with Crippen molar-refractivity contribution in [1.29, 1.82) is 0 Å². The van der Waals surface area contributed by atoms with Crippen LogP contribution in [-0.2, 0) is 0 Å². The van der Waals surface area contributed by atoms with Crippen molar-refractivity contribution in [3.05, 3.63) is 54.6 Å². The zero-order chi connectivity index (χ0) is 19.7. The predicted octanol–water partition coefficient (Wildman–Crippen LogP) is 4.85. The molecule has 0 amide bonds. The third kappa shape index (κ3) is 9.16. The molecule has 2 aromatic rings. The van der Waals surface area contributed by atoms with Gasteiger partial charge in [0.05, 0.1) is 0 Å². The molecule has 0 bridgehead atoms. The van der Waals surface area contributed by atoms with Crippen molar-refractivity contribution in [2.75, 3.05) is 30.4 Å². The Morgan fingerprint density at radius 3 is 2.32 bits per heavy atom. The number of anilines is 2. The van der Waals surface area contributed by atoms with Gasteiger partial charge in [-0.15, -0.1) is 37.1 Å². The number of rotatable bonds is 8. The van der Waals surface area contributed by atoms with E-state index in [1.54, 1.807) is 0 Å². The standard InChI is InChI=1S/C19H23F3N4O.HI/c1-26(16-7-3-2-4-8-16)14-6-5-13-24-18(23)25-15-9-11-17(12-10-15)27-19(20,21)22;/h2-4,7-12H,5-6,13-14H2,1H3,(H3,23,24,25);1H. The highest BCUT2D eigenvalue weighted by Gasteiger charge is 2.30. The first-order valence-corrected chi connectivity index (χ1v) is 8.52. The lowest BCUT2D eigenvalue weighted by Gasteiger charge is -2.18. The molecule has 2 aromatic carbocycles. The normalized spacial score (nSPS) is 11.5. The smallest absolute Gasteiger partial charge is 0.406 e. The van der Waals surface area contributed by atoms with Crippen LogP contribution in [0.25, 0.3) is 0 Å². The van der Waals surface area contributed by atoms with Gasteiger partial charge < -0.3 is 20.7 Å². The number of nitrogens with one attached hydrogen (secondary N) is 1. The summed E-state index contributed by atoms with van der Waals surface area (Å²) in [6.07, 6.45) is -2.87. The van der Waals surface area contributed by atoms with Gasteiger partial charge in [-0.2, -0.15) is 0 Å².